The summed E-state index contributed by atoms with van der Waals surface area (Å²) in [5.41, 5.74) is 8.22. The average molecular weight is 425 g/mol. The van der Waals surface area contributed by atoms with E-state index < -0.39 is 5.91 Å². The Morgan fingerprint density at radius 1 is 1.03 bits per heavy atom. The maximum absolute atomic E-state index is 11.9. The number of rotatable bonds is 10. The van der Waals surface area contributed by atoms with Gasteiger partial charge < -0.3 is 20.7 Å². The number of aryl methyl sites for hydroxylation is 1. The first-order valence-corrected chi connectivity index (χ1v) is 10.8. The number of piperazine rings is 1. The van der Waals surface area contributed by atoms with Gasteiger partial charge in [0.25, 0.3) is 5.91 Å². The van der Waals surface area contributed by atoms with E-state index in [0.29, 0.717) is 17.9 Å². The largest absolute Gasteiger partial charge is 0.484 e. The molecule has 0 spiro atoms. The number of carbonyl (C=O) groups is 2. The minimum atomic E-state index is -0.488. The predicted molar refractivity (Wildman–Crippen MR) is 123 cm³/mol. The molecule has 0 radical (unpaired) electrons. The molecule has 0 aliphatic carbocycles. The third-order valence-electron chi connectivity index (χ3n) is 5.47. The second-order valence-electron chi connectivity index (χ2n) is 7.90. The van der Waals surface area contributed by atoms with Crippen molar-refractivity contribution in [3.8, 4) is 5.75 Å². The van der Waals surface area contributed by atoms with Gasteiger partial charge in [-0.15, -0.1) is 0 Å². The lowest BCUT2D eigenvalue weighted by Gasteiger charge is -2.36. The van der Waals surface area contributed by atoms with Gasteiger partial charge in [-0.3, -0.25) is 14.5 Å². The van der Waals surface area contributed by atoms with Crippen molar-refractivity contribution in [2.75, 3.05) is 50.8 Å². The molecular weight excluding hydrogens is 392 g/mol. The van der Waals surface area contributed by atoms with Crippen LogP contribution in [0.5, 0.6) is 5.75 Å². The van der Waals surface area contributed by atoms with Crippen LogP contribution >= 0.6 is 0 Å². The van der Waals surface area contributed by atoms with Gasteiger partial charge >= 0.3 is 0 Å². The third kappa shape index (κ3) is 7.29. The summed E-state index contributed by atoms with van der Waals surface area (Å²) in [7, 11) is 0. The smallest absolute Gasteiger partial charge is 0.257 e. The lowest BCUT2D eigenvalue weighted by Crippen LogP contribution is -2.46. The van der Waals surface area contributed by atoms with Gasteiger partial charge in [-0.25, -0.2) is 0 Å². The number of ether oxygens (including phenoxy) is 1. The van der Waals surface area contributed by atoms with E-state index >= 15 is 0 Å². The van der Waals surface area contributed by atoms with Crippen molar-refractivity contribution in [2.45, 2.75) is 19.8 Å². The molecule has 2 aromatic rings. The zero-order valence-electron chi connectivity index (χ0n) is 18.2. The van der Waals surface area contributed by atoms with Crippen molar-refractivity contribution in [3.63, 3.8) is 0 Å². The highest BCUT2D eigenvalue weighted by Crippen LogP contribution is 2.18. The molecule has 0 unspecified atom stereocenters. The summed E-state index contributed by atoms with van der Waals surface area (Å²) in [4.78, 5) is 27.9. The fourth-order valence-electron chi connectivity index (χ4n) is 3.66. The Morgan fingerprint density at radius 3 is 2.45 bits per heavy atom. The number of primary amides is 1. The van der Waals surface area contributed by atoms with E-state index in [4.69, 9.17) is 10.5 Å². The molecule has 3 N–H and O–H groups in total. The minimum Gasteiger partial charge on any atom is -0.484 e. The fourth-order valence-corrected chi connectivity index (χ4v) is 3.66. The Morgan fingerprint density at radius 2 is 1.77 bits per heavy atom. The number of nitrogens with two attached hydrogens (primary N) is 1. The first-order valence-electron chi connectivity index (χ1n) is 10.8. The van der Waals surface area contributed by atoms with Gasteiger partial charge in [0.15, 0.2) is 6.61 Å². The van der Waals surface area contributed by atoms with E-state index in [1.165, 1.54) is 11.3 Å². The number of nitrogens with zero attached hydrogens (tertiary/aromatic N) is 2. The van der Waals surface area contributed by atoms with Crippen molar-refractivity contribution in [1.82, 2.24) is 10.2 Å². The summed E-state index contributed by atoms with van der Waals surface area (Å²) < 4.78 is 5.43. The van der Waals surface area contributed by atoms with Crippen LogP contribution in [0.15, 0.2) is 48.5 Å². The second-order valence-corrected chi connectivity index (χ2v) is 7.90. The van der Waals surface area contributed by atoms with Crippen molar-refractivity contribution in [3.05, 3.63) is 59.7 Å². The molecule has 2 amide bonds. The summed E-state index contributed by atoms with van der Waals surface area (Å²) in [5, 5.41) is 2.89. The van der Waals surface area contributed by atoms with Gasteiger partial charge in [0.1, 0.15) is 5.75 Å². The van der Waals surface area contributed by atoms with E-state index in [-0.39, 0.29) is 12.5 Å². The maximum Gasteiger partial charge on any atom is 0.257 e. The number of unbranched alkanes of at least 4 members (excludes halogenated alkanes) is 1. The molecule has 0 saturated carbocycles. The van der Waals surface area contributed by atoms with E-state index in [9.17, 15) is 9.59 Å². The summed E-state index contributed by atoms with van der Waals surface area (Å²) in [6.07, 6.45) is 2.00. The Kier molecular flexibility index (Phi) is 8.29. The molecule has 0 aromatic heterocycles. The normalized spacial score (nSPS) is 14.3. The molecule has 1 fully saturated rings. The number of benzene rings is 2. The molecule has 1 aliphatic rings. The number of nitrogens with one attached hydrogen (secondary N) is 1. The van der Waals surface area contributed by atoms with Crippen LogP contribution in [0.25, 0.3) is 0 Å². The predicted octanol–water partition coefficient (Wildman–Crippen LogP) is 2.19. The molecule has 1 aliphatic heterocycles. The number of hydrogen-bond acceptors (Lipinski definition) is 5. The highest BCUT2D eigenvalue weighted by Gasteiger charge is 2.16. The molecule has 3 rings (SSSR count). The Labute approximate surface area is 184 Å². The average Bonchev–Trinajstić information content (AvgIpc) is 2.78. The standard InChI is InChI=1S/C24H32N4O3/c1-19-5-4-6-21(17-19)28-15-13-27(14-16-28)12-3-2-11-26-23(29)18-31-22-9-7-20(8-10-22)24(25)30/h4-10,17H,2-3,11-16,18H2,1H3,(H2,25,30)(H,26,29). The molecule has 166 valence electrons. The molecule has 1 heterocycles. The molecule has 7 nitrogen and oxygen atoms in total. The number of carbonyl (C=O) groups excluding carboxylic acids is 2. The van der Waals surface area contributed by atoms with Crippen LogP contribution in [0, 0.1) is 6.92 Å². The molecule has 31 heavy (non-hydrogen) atoms. The molecule has 2 aromatic carbocycles. The third-order valence-corrected chi connectivity index (χ3v) is 5.47. The number of anilines is 1. The van der Waals surface area contributed by atoms with Gasteiger partial charge in [-0.05, 0) is 68.3 Å². The van der Waals surface area contributed by atoms with Crippen molar-refractivity contribution in [1.29, 1.82) is 0 Å². The van der Waals surface area contributed by atoms with Gasteiger partial charge in [0.05, 0.1) is 0 Å². The summed E-state index contributed by atoms with van der Waals surface area (Å²) in [5.74, 6) is -0.104. The molecular formula is C24H32N4O3. The van der Waals surface area contributed by atoms with Crippen LogP contribution in [0.4, 0.5) is 5.69 Å². The van der Waals surface area contributed by atoms with Gasteiger partial charge in [-0.2, -0.15) is 0 Å². The van der Waals surface area contributed by atoms with Crippen molar-refractivity contribution < 1.29 is 14.3 Å². The van der Waals surface area contributed by atoms with Crippen LogP contribution in [-0.4, -0.2) is 62.6 Å². The Hall–Kier alpha value is -3.06. The van der Waals surface area contributed by atoms with Gasteiger partial charge in [-0.1, -0.05) is 12.1 Å². The minimum absolute atomic E-state index is 0.0448. The highest BCUT2D eigenvalue weighted by molar-refractivity contribution is 5.92. The lowest BCUT2D eigenvalue weighted by molar-refractivity contribution is -0.123. The second kappa shape index (κ2) is 11.4. The topological polar surface area (TPSA) is 87.9 Å². The quantitative estimate of drug-likeness (QED) is 0.571. The maximum atomic E-state index is 11.9. The van der Waals surface area contributed by atoms with E-state index in [2.05, 4.69) is 46.3 Å². The molecule has 0 bridgehead atoms. The van der Waals surface area contributed by atoms with E-state index in [1.54, 1.807) is 24.3 Å². The van der Waals surface area contributed by atoms with Gasteiger partial charge in [0.2, 0.25) is 5.91 Å². The zero-order valence-corrected chi connectivity index (χ0v) is 18.2. The van der Waals surface area contributed by atoms with E-state index in [0.717, 1.165) is 45.6 Å². The van der Waals surface area contributed by atoms with Crippen LogP contribution in [-0.2, 0) is 4.79 Å². The summed E-state index contributed by atoms with van der Waals surface area (Å²) in [6, 6.07) is 15.1. The monoisotopic (exact) mass is 424 g/mol. The van der Waals surface area contributed by atoms with Crippen LogP contribution in [0.3, 0.4) is 0 Å². The fraction of sp³-hybridized carbons (Fsp3) is 0.417. The zero-order chi connectivity index (χ0) is 22.1. The van der Waals surface area contributed by atoms with Gasteiger partial charge in [0, 0.05) is 44.0 Å². The van der Waals surface area contributed by atoms with Crippen LogP contribution < -0.4 is 20.7 Å². The lowest BCUT2D eigenvalue weighted by atomic mass is 10.2. The molecule has 7 heteroatoms. The Bertz CT molecular complexity index is 861. The van der Waals surface area contributed by atoms with Crippen molar-refractivity contribution in [2.24, 2.45) is 5.73 Å². The van der Waals surface area contributed by atoms with E-state index in [1.807, 2.05) is 0 Å². The Balaban J connectivity index is 1.24. The first-order chi connectivity index (χ1) is 15.0. The molecule has 1 saturated heterocycles. The SMILES string of the molecule is Cc1cccc(N2CCN(CCCCNC(=O)COc3ccc(C(N)=O)cc3)CC2)c1. The molecule has 0 atom stereocenters. The summed E-state index contributed by atoms with van der Waals surface area (Å²) in [6.45, 7) is 8.04. The first kappa shape index (κ1) is 22.6. The van der Waals surface area contributed by atoms with Crippen molar-refractivity contribution >= 4 is 17.5 Å². The number of hydrogen-bond donors (Lipinski definition) is 2. The summed E-state index contributed by atoms with van der Waals surface area (Å²) >= 11 is 0. The highest BCUT2D eigenvalue weighted by atomic mass is 16.5. The van der Waals surface area contributed by atoms with Crippen LogP contribution in [0.1, 0.15) is 28.8 Å². The number of amides is 2. The van der Waals surface area contributed by atoms with Crippen LogP contribution in [0.2, 0.25) is 0 Å².